The highest BCUT2D eigenvalue weighted by Gasteiger charge is 2.09. The van der Waals surface area contributed by atoms with E-state index in [2.05, 4.69) is 36.8 Å². The van der Waals surface area contributed by atoms with Crippen molar-refractivity contribution in [1.82, 2.24) is 10.2 Å². The Morgan fingerprint density at radius 3 is 2.42 bits per heavy atom. The molecule has 7 heteroatoms. The topological polar surface area (TPSA) is 66.9 Å². The molecule has 0 bridgehead atoms. The normalized spacial score (nSPS) is 10.2. The molecule has 5 nitrogen and oxygen atoms in total. The Balaban J connectivity index is 1.67. The van der Waals surface area contributed by atoms with Gasteiger partial charge in [-0.3, -0.25) is 4.79 Å². The highest BCUT2D eigenvalue weighted by atomic mass is 79.9. The first kappa shape index (κ1) is 16.1. The second-order valence-electron chi connectivity index (χ2n) is 4.90. The van der Waals surface area contributed by atoms with Crippen molar-refractivity contribution in [3.8, 4) is 0 Å². The Morgan fingerprint density at radius 1 is 0.958 bits per heavy atom. The highest BCUT2D eigenvalue weighted by Crippen LogP contribution is 2.18. The molecule has 0 atom stereocenters. The van der Waals surface area contributed by atoms with E-state index in [0.29, 0.717) is 11.5 Å². The van der Waals surface area contributed by atoms with Crippen molar-refractivity contribution in [1.29, 1.82) is 0 Å². The maximum absolute atomic E-state index is 13.1. The van der Waals surface area contributed by atoms with Crippen molar-refractivity contribution in [2.45, 2.75) is 0 Å². The van der Waals surface area contributed by atoms with Crippen LogP contribution in [-0.4, -0.2) is 16.1 Å². The van der Waals surface area contributed by atoms with E-state index < -0.39 is 11.7 Å². The van der Waals surface area contributed by atoms with Crippen LogP contribution in [0, 0.1) is 5.82 Å². The number of aromatic nitrogens is 2. The number of carbonyl (C=O) groups is 1. The van der Waals surface area contributed by atoms with Crippen molar-refractivity contribution < 1.29 is 9.18 Å². The van der Waals surface area contributed by atoms with Gasteiger partial charge < -0.3 is 10.6 Å². The van der Waals surface area contributed by atoms with Gasteiger partial charge in [0.1, 0.15) is 5.82 Å². The summed E-state index contributed by atoms with van der Waals surface area (Å²) < 4.78 is 14.1. The van der Waals surface area contributed by atoms with E-state index in [4.69, 9.17) is 0 Å². The molecular weight excluding hydrogens is 375 g/mol. The third kappa shape index (κ3) is 4.14. The summed E-state index contributed by atoms with van der Waals surface area (Å²) >= 11 is 3.36. The minimum atomic E-state index is -0.455. The molecule has 1 amide bonds. The molecule has 0 spiro atoms. The molecule has 24 heavy (non-hydrogen) atoms. The van der Waals surface area contributed by atoms with Crippen molar-refractivity contribution in [2.75, 3.05) is 10.6 Å². The molecule has 0 aliphatic heterocycles. The molecule has 0 saturated heterocycles. The lowest BCUT2D eigenvalue weighted by molar-refractivity contribution is 0.102. The van der Waals surface area contributed by atoms with Crippen LogP contribution < -0.4 is 10.6 Å². The van der Waals surface area contributed by atoms with Gasteiger partial charge >= 0.3 is 0 Å². The lowest BCUT2D eigenvalue weighted by atomic mass is 10.3. The second-order valence-corrected chi connectivity index (χ2v) is 5.82. The van der Waals surface area contributed by atoms with E-state index in [0.717, 1.165) is 10.2 Å². The number of nitrogens with one attached hydrogen (secondary N) is 2. The van der Waals surface area contributed by atoms with Crippen LogP contribution in [0.1, 0.15) is 10.5 Å². The monoisotopic (exact) mass is 386 g/mol. The van der Waals surface area contributed by atoms with Crippen LogP contribution in [0.3, 0.4) is 0 Å². The molecule has 1 heterocycles. The van der Waals surface area contributed by atoms with E-state index in [1.54, 1.807) is 18.2 Å². The smallest absolute Gasteiger partial charge is 0.276 e. The molecule has 0 aliphatic carbocycles. The summed E-state index contributed by atoms with van der Waals surface area (Å²) in [6.45, 7) is 0. The van der Waals surface area contributed by atoms with E-state index in [1.807, 2.05) is 24.3 Å². The quantitative estimate of drug-likeness (QED) is 0.698. The molecule has 0 unspecified atom stereocenters. The molecule has 120 valence electrons. The van der Waals surface area contributed by atoms with E-state index in [1.165, 1.54) is 18.2 Å². The Labute approximate surface area is 146 Å². The van der Waals surface area contributed by atoms with Crippen molar-refractivity contribution in [3.05, 3.63) is 76.6 Å². The molecule has 0 radical (unpaired) electrons. The van der Waals surface area contributed by atoms with Gasteiger partial charge in [-0.25, -0.2) is 4.39 Å². The van der Waals surface area contributed by atoms with Crippen LogP contribution in [0.4, 0.5) is 21.6 Å². The number of carbonyl (C=O) groups excluding carboxylic acids is 1. The van der Waals surface area contributed by atoms with Gasteiger partial charge in [-0.2, -0.15) is 0 Å². The summed E-state index contributed by atoms with van der Waals surface area (Å²) in [5.74, 6) is -0.365. The summed E-state index contributed by atoms with van der Waals surface area (Å²) in [6, 6.07) is 16.4. The van der Waals surface area contributed by atoms with Gasteiger partial charge in [0.15, 0.2) is 11.5 Å². The van der Waals surface area contributed by atoms with Gasteiger partial charge in [0.25, 0.3) is 5.91 Å². The number of nitrogens with zero attached hydrogens (tertiary/aromatic N) is 2. The lowest BCUT2D eigenvalue weighted by Gasteiger charge is -2.07. The zero-order chi connectivity index (χ0) is 16.9. The van der Waals surface area contributed by atoms with Gasteiger partial charge in [0, 0.05) is 15.8 Å². The van der Waals surface area contributed by atoms with Gasteiger partial charge in [-0.05, 0) is 54.6 Å². The zero-order valence-electron chi connectivity index (χ0n) is 12.3. The number of amides is 1. The number of halogens is 2. The maximum atomic E-state index is 13.1. The largest absolute Gasteiger partial charge is 0.339 e. The van der Waals surface area contributed by atoms with E-state index in [-0.39, 0.29) is 5.69 Å². The van der Waals surface area contributed by atoms with E-state index >= 15 is 0 Å². The molecule has 2 N–H and O–H groups in total. The minimum absolute atomic E-state index is 0.139. The average Bonchev–Trinajstić information content (AvgIpc) is 2.57. The Kier molecular flexibility index (Phi) is 4.81. The third-order valence-corrected chi connectivity index (χ3v) is 3.62. The Morgan fingerprint density at radius 2 is 1.75 bits per heavy atom. The first-order valence-electron chi connectivity index (χ1n) is 7.03. The number of hydrogen-bond donors (Lipinski definition) is 2. The summed E-state index contributed by atoms with van der Waals surface area (Å²) in [6.07, 6.45) is 0. The van der Waals surface area contributed by atoms with Crippen LogP contribution >= 0.6 is 15.9 Å². The molecule has 0 saturated carbocycles. The molecule has 3 aromatic rings. The standard InChI is InChI=1S/C17H12BrFN4O/c18-11-4-6-13(7-5-11)20-16-9-8-15(22-23-16)17(24)21-14-3-1-2-12(19)10-14/h1-10H,(H,20,23)(H,21,24). The Hall–Kier alpha value is -2.80. The fraction of sp³-hybridized carbons (Fsp3) is 0. The van der Waals surface area contributed by atoms with Gasteiger partial charge in [-0.15, -0.1) is 10.2 Å². The first-order valence-corrected chi connectivity index (χ1v) is 7.83. The molecule has 0 aliphatic rings. The Bertz CT molecular complexity index is 853. The average molecular weight is 387 g/mol. The SMILES string of the molecule is O=C(Nc1cccc(F)c1)c1ccc(Nc2ccc(Br)cc2)nn1. The lowest BCUT2D eigenvalue weighted by Crippen LogP contribution is -2.14. The van der Waals surface area contributed by atoms with Crippen LogP contribution in [0.25, 0.3) is 0 Å². The number of anilines is 3. The van der Waals surface area contributed by atoms with Crippen molar-refractivity contribution in [3.63, 3.8) is 0 Å². The summed E-state index contributed by atoms with van der Waals surface area (Å²) in [5, 5.41) is 13.5. The highest BCUT2D eigenvalue weighted by molar-refractivity contribution is 9.10. The number of rotatable bonds is 4. The van der Waals surface area contributed by atoms with Crippen molar-refractivity contribution >= 4 is 39.0 Å². The predicted molar refractivity (Wildman–Crippen MR) is 93.8 cm³/mol. The molecule has 0 fully saturated rings. The summed E-state index contributed by atoms with van der Waals surface area (Å²) in [5.41, 5.74) is 1.35. The molecule has 3 rings (SSSR count). The van der Waals surface area contributed by atoms with Crippen LogP contribution in [0.5, 0.6) is 0 Å². The molecular formula is C17H12BrFN4O. The summed E-state index contributed by atoms with van der Waals surface area (Å²) in [4.78, 5) is 12.1. The van der Waals surface area contributed by atoms with Crippen LogP contribution in [0.2, 0.25) is 0 Å². The van der Waals surface area contributed by atoms with E-state index in [9.17, 15) is 9.18 Å². The molecule has 1 aromatic heterocycles. The maximum Gasteiger partial charge on any atom is 0.276 e. The van der Waals surface area contributed by atoms with Gasteiger partial charge in [-0.1, -0.05) is 22.0 Å². The van der Waals surface area contributed by atoms with Crippen molar-refractivity contribution in [2.24, 2.45) is 0 Å². The third-order valence-electron chi connectivity index (χ3n) is 3.10. The van der Waals surface area contributed by atoms with Gasteiger partial charge in [0.05, 0.1) is 0 Å². The van der Waals surface area contributed by atoms with Gasteiger partial charge in [0.2, 0.25) is 0 Å². The first-order chi connectivity index (χ1) is 11.6. The second kappa shape index (κ2) is 7.18. The zero-order valence-corrected chi connectivity index (χ0v) is 13.9. The van der Waals surface area contributed by atoms with Crippen LogP contribution in [0.15, 0.2) is 65.1 Å². The molecule has 2 aromatic carbocycles. The predicted octanol–water partition coefficient (Wildman–Crippen LogP) is 4.37. The number of benzene rings is 2. The van der Waals surface area contributed by atoms with Crippen LogP contribution in [-0.2, 0) is 0 Å². The fourth-order valence-electron chi connectivity index (χ4n) is 1.96. The minimum Gasteiger partial charge on any atom is -0.339 e. The summed E-state index contributed by atoms with van der Waals surface area (Å²) in [7, 11) is 0. The number of hydrogen-bond acceptors (Lipinski definition) is 4. The fourth-order valence-corrected chi connectivity index (χ4v) is 2.23.